The summed E-state index contributed by atoms with van der Waals surface area (Å²) >= 11 is 0. The summed E-state index contributed by atoms with van der Waals surface area (Å²) < 4.78 is 27.4. The number of rotatable bonds is 6. The lowest BCUT2D eigenvalue weighted by atomic mass is 9.89. The third-order valence-corrected chi connectivity index (χ3v) is 5.78. The van der Waals surface area contributed by atoms with E-state index in [1.165, 1.54) is 11.1 Å². The van der Waals surface area contributed by atoms with Gasteiger partial charge in [-0.2, -0.15) is 0 Å². The monoisotopic (exact) mass is 296 g/mol. The zero-order valence-corrected chi connectivity index (χ0v) is 13.0. The smallest absolute Gasteiger partial charge is 0.215 e. The summed E-state index contributed by atoms with van der Waals surface area (Å²) in [5.74, 6) is 0. The Kier molecular flexibility index (Phi) is 5.18. The molecule has 2 atom stereocenters. The van der Waals surface area contributed by atoms with E-state index in [0.717, 1.165) is 25.8 Å². The van der Waals surface area contributed by atoms with Gasteiger partial charge in [0.15, 0.2) is 0 Å². The molecule has 1 aromatic carbocycles. The Morgan fingerprint density at radius 2 is 2.00 bits per heavy atom. The van der Waals surface area contributed by atoms with E-state index in [1.54, 1.807) is 6.92 Å². The highest BCUT2D eigenvalue weighted by Gasteiger charge is 2.26. The Morgan fingerprint density at radius 1 is 1.30 bits per heavy atom. The van der Waals surface area contributed by atoms with Gasteiger partial charge in [0.1, 0.15) is 0 Å². The van der Waals surface area contributed by atoms with Crippen molar-refractivity contribution in [1.82, 2.24) is 10.0 Å². The third kappa shape index (κ3) is 3.81. The van der Waals surface area contributed by atoms with Gasteiger partial charge in [0.25, 0.3) is 0 Å². The van der Waals surface area contributed by atoms with Crippen molar-refractivity contribution in [3.8, 4) is 0 Å². The molecule has 20 heavy (non-hydrogen) atoms. The van der Waals surface area contributed by atoms with Crippen molar-refractivity contribution in [1.29, 1.82) is 0 Å². The van der Waals surface area contributed by atoms with Crippen molar-refractivity contribution < 1.29 is 8.42 Å². The number of nitrogens with one attached hydrogen (secondary N) is 2. The molecule has 1 aliphatic rings. The maximum atomic E-state index is 12.3. The van der Waals surface area contributed by atoms with Crippen LogP contribution in [0.25, 0.3) is 0 Å². The van der Waals surface area contributed by atoms with Crippen LogP contribution in [-0.4, -0.2) is 32.8 Å². The van der Waals surface area contributed by atoms with Gasteiger partial charge in [0.05, 0.1) is 5.25 Å². The summed E-state index contributed by atoms with van der Waals surface area (Å²) in [5.41, 5.74) is 2.62. The molecule has 1 aromatic rings. The summed E-state index contributed by atoms with van der Waals surface area (Å²) in [6, 6.07) is 8.32. The highest BCUT2D eigenvalue weighted by atomic mass is 32.2. The van der Waals surface area contributed by atoms with E-state index < -0.39 is 15.3 Å². The number of hydrogen-bond donors (Lipinski definition) is 2. The lowest BCUT2D eigenvalue weighted by molar-refractivity contribution is 0.498. The number of sulfonamides is 1. The van der Waals surface area contributed by atoms with E-state index >= 15 is 0 Å². The molecule has 0 amide bonds. The Balaban J connectivity index is 1.98. The molecule has 1 aliphatic carbocycles. The van der Waals surface area contributed by atoms with Gasteiger partial charge in [0, 0.05) is 12.6 Å². The van der Waals surface area contributed by atoms with Gasteiger partial charge in [-0.1, -0.05) is 31.2 Å². The molecule has 2 rings (SSSR count). The minimum atomic E-state index is -3.25. The van der Waals surface area contributed by atoms with Crippen LogP contribution in [0.5, 0.6) is 0 Å². The van der Waals surface area contributed by atoms with Gasteiger partial charge in [-0.25, -0.2) is 13.1 Å². The van der Waals surface area contributed by atoms with Gasteiger partial charge in [-0.15, -0.1) is 0 Å². The standard InChI is InChI=1S/C15H24N2O2S/c1-3-16-11-12(2)20(18,19)17-15-9-8-13-6-4-5-7-14(13)10-15/h4-7,12,15-17H,3,8-11H2,1-2H3. The van der Waals surface area contributed by atoms with Gasteiger partial charge in [-0.05, 0) is 43.9 Å². The summed E-state index contributed by atoms with van der Waals surface area (Å²) in [5, 5.41) is 2.68. The lowest BCUT2D eigenvalue weighted by Gasteiger charge is -2.26. The minimum absolute atomic E-state index is 0.0268. The molecule has 4 nitrogen and oxygen atoms in total. The second-order valence-corrected chi connectivity index (χ2v) is 7.62. The van der Waals surface area contributed by atoms with E-state index in [0.29, 0.717) is 6.54 Å². The van der Waals surface area contributed by atoms with Crippen LogP contribution in [-0.2, 0) is 22.9 Å². The lowest BCUT2D eigenvalue weighted by Crippen LogP contribution is -2.45. The van der Waals surface area contributed by atoms with Crippen LogP contribution in [0, 0.1) is 0 Å². The SMILES string of the molecule is CCNCC(C)S(=O)(=O)NC1CCc2ccccc2C1. The fourth-order valence-electron chi connectivity index (χ4n) is 2.60. The molecular weight excluding hydrogens is 272 g/mol. The first-order valence-electron chi connectivity index (χ1n) is 7.31. The first-order valence-corrected chi connectivity index (χ1v) is 8.86. The molecule has 5 heteroatoms. The van der Waals surface area contributed by atoms with Crippen molar-refractivity contribution >= 4 is 10.0 Å². The summed E-state index contributed by atoms with van der Waals surface area (Å²) in [6.07, 6.45) is 2.62. The molecule has 0 radical (unpaired) electrons. The third-order valence-electron chi connectivity index (χ3n) is 3.89. The van der Waals surface area contributed by atoms with E-state index in [2.05, 4.69) is 22.2 Å². The van der Waals surface area contributed by atoms with Crippen molar-refractivity contribution in [3.05, 3.63) is 35.4 Å². The highest BCUT2D eigenvalue weighted by molar-refractivity contribution is 7.90. The molecular formula is C15H24N2O2S. The first kappa shape index (κ1) is 15.5. The molecule has 0 saturated heterocycles. The fourth-order valence-corrected chi connectivity index (χ4v) is 3.84. The average Bonchev–Trinajstić information content (AvgIpc) is 2.44. The number of aryl methyl sites for hydroxylation is 1. The second-order valence-electron chi connectivity index (χ2n) is 5.49. The molecule has 0 aromatic heterocycles. The van der Waals surface area contributed by atoms with E-state index in [4.69, 9.17) is 0 Å². The Labute approximate surface area is 122 Å². The van der Waals surface area contributed by atoms with Crippen LogP contribution in [0.15, 0.2) is 24.3 Å². The Morgan fingerprint density at radius 3 is 2.70 bits per heavy atom. The molecule has 0 aliphatic heterocycles. The molecule has 0 saturated carbocycles. The van der Waals surface area contributed by atoms with Gasteiger partial charge < -0.3 is 5.32 Å². The molecule has 0 fully saturated rings. The van der Waals surface area contributed by atoms with Crippen molar-refractivity contribution in [2.75, 3.05) is 13.1 Å². The molecule has 112 valence electrons. The molecule has 2 unspecified atom stereocenters. The normalized spacial score (nSPS) is 20.4. The quantitative estimate of drug-likeness (QED) is 0.835. The summed E-state index contributed by atoms with van der Waals surface area (Å²) in [7, 11) is -3.25. The predicted molar refractivity (Wildman–Crippen MR) is 82.3 cm³/mol. The predicted octanol–water partition coefficient (Wildman–Crippen LogP) is 1.46. The van der Waals surface area contributed by atoms with E-state index in [1.807, 2.05) is 19.1 Å². The Hall–Kier alpha value is -0.910. The largest absolute Gasteiger partial charge is 0.316 e. The molecule has 2 N–H and O–H groups in total. The maximum absolute atomic E-state index is 12.3. The van der Waals surface area contributed by atoms with E-state index in [-0.39, 0.29) is 6.04 Å². The topological polar surface area (TPSA) is 58.2 Å². The van der Waals surface area contributed by atoms with Gasteiger partial charge >= 0.3 is 0 Å². The Bertz CT molecular complexity index is 543. The van der Waals surface area contributed by atoms with Gasteiger partial charge in [-0.3, -0.25) is 0 Å². The van der Waals surface area contributed by atoms with Crippen LogP contribution in [0.4, 0.5) is 0 Å². The van der Waals surface area contributed by atoms with E-state index in [9.17, 15) is 8.42 Å². The van der Waals surface area contributed by atoms with Crippen molar-refractivity contribution in [2.24, 2.45) is 0 Å². The number of hydrogen-bond acceptors (Lipinski definition) is 3. The molecule has 0 bridgehead atoms. The van der Waals surface area contributed by atoms with Crippen LogP contribution in [0.3, 0.4) is 0 Å². The average molecular weight is 296 g/mol. The molecule has 0 heterocycles. The van der Waals surface area contributed by atoms with Crippen molar-refractivity contribution in [3.63, 3.8) is 0 Å². The molecule has 0 spiro atoms. The highest BCUT2D eigenvalue weighted by Crippen LogP contribution is 2.21. The zero-order valence-electron chi connectivity index (χ0n) is 12.2. The van der Waals surface area contributed by atoms with Crippen LogP contribution < -0.4 is 10.0 Å². The van der Waals surface area contributed by atoms with Crippen molar-refractivity contribution in [2.45, 2.75) is 44.4 Å². The van der Waals surface area contributed by atoms with Crippen LogP contribution >= 0.6 is 0 Å². The second kappa shape index (κ2) is 6.70. The number of benzene rings is 1. The fraction of sp³-hybridized carbons (Fsp3) is 0.600. The maximum Gasteiger partial charge on any atom is 0.215 e. The number of fused-ring (bicyclic) bond motifs is 1. The first-order chi connectivity index (χ1) is 9.53. The summed E-state index contributed by atoms with van der Waals surface area (Å²) in [6.45, 7) is 5.01. The van der Waals surface area contributed by atoms with Crippen LogP contribution in [0.1, 0.15) is 31.4 Å². The zero-order chi connectivity index (χ0) is 14.6. The van der Waals surface area contributed by atoms with Crippen LogP contribution in [0.2, 0.25) is 0 Å². The van der Waals surface area contributed by atoms with Gasteiger partial charge in [0.2, 0.25) is 10.0 Å². The summed E-state index contributed by atoms with van der Waals surface area (Å²) in [4.78, 5) is 0. The minimum Gasteiger partial charge on any atom is -0.316 e.